The molecule has 7 rings (SSSR count). The van der Waals surface area contributed by atoms with Crippen molar-refractivity contribution in [3.05, 3.63) is 44.7 Å². The van der Waals surface area contributed by atoms with Crippen LogP contribution in [0.2, 0.25) is 0 Å². The number of nitrogens with zero attached hydrogens (tertiary/aromatic N) is 3. The predicted molar refractivity (Wildman–Crippen MR) is 160 cm³/mol. The van der Waals surface area contributed by atoms with Crippen molar-refractivity contribution in [2.45, 2.75) is 78.3 Å². The minimum Gasteiger partial charge on any atom is -0.492 e. The van der Waals surface area contributed by atoms with Gasteiger partial charge in [0.05, 0.1) is 41.8 Å². The lowest BCUT2D eigenvalue weighted by atomic mass is 9.71. The van der Waals surface area contributed by atoms with Gasteiger partial charge >= 0.3 is 12.2 Å². The number of allylic oxidation sites excluding steroid dienone is 2. The van der Waals surface area contributed by atoms with Gasteiger partial charge < -0.3 is 30.2 Å². The van der Waals surface area contributed by atoms with E-state index in [0.29, 0.717) is 43.4 Å². The Morgan fingerprint density at radius 2 is 1.98 bits per heavy atom. The van der Waals surface area contributed by atoms with E-state index in [0.717, 1.165) is 25.8 Å². The molecule has 2 aromatic rings. The van der Waals surface area contributed by atoms with E-state index in [1.54, 1.807) is 13.8 Å². The first kappa shape index (κ1) is 31.5. The SMILES string of the molecule is CC/C(C)=C(/C(F)=c1/nc(OCC23COC(C2)C3)nc2c1=C(C)OC(C)C1CNCCN21)c1cc(N)c(F)c(C)c1C(F)(F)F. The first-order chi connectivity index (χ1) is 21.2. The van der Waals surface area contributed by atoms with Crippen molar-refractivity contribution in [1.82, 2.24) is 15.3 Å². The summed E-state index contributed by atoms with van der Waals surface area (Å²) in [7, 11) is 0. The standard InChI is InChI=1S/C32H38F5N5O3/c1-6-15(2)23(20-9-21(38)26(33)16(3)25(20)32(35,36)37)27(34)28-24-18(5)45-17(4)22-12-39-7-8-42(22)29(24)41-30(40-28)44-14-31-10-19(11-31)43-13-31/h9,17,19,22,39H,6-8,10-14,38H2,1-5H3/b23-15+,28-27-. The van der Waals surface area contributed by atoms with Crippen molar-refractivity contribution < 1.29 is 36.2 Å². The maximum atomic E-state index is 17.4. The second-order valence-electron chi connectivity index (χ2n) is 12.7. The van der Waals surface area contributed by atoms with Gasteiger partial charge in [-0.3, -0.25) is 0 Å². The number of fused-ring (bicyclic) bond motifs is 4. The van der Waals surface area contributed by atoms with E-state index < -0.39 is 40.2 Å². The Balaban J connectivity index is 1.65. The van der Waals surface area contributed by atoms with Gasteiger partial charge in [-0.05, 0) is 64.2 Å². The Morgan fingerprint density at radius 1 is 1.24 bits per heavy atom. The molecule has 1 aliphatic carbocycles. The van der Waals surface area contributed by atoms with Crippen molar-refractivity contribution in [2.75, 3.05) is 43.5 Å². The van der Waals surface area contributed by atoms with Gasteiger partial charge in [-0.25, -0.2) is 8.78 Å². The molecule has 5 aliphatic rings. The highest BCUT2D eigenvalue weighted by molar-refractivity contribution is 5.97. The van der Waals surface area contributed by atoms with Crippen LogP contribution in [-0.2, 0) is 15.7 Å². The van der Waals surface area contributed by atoms with Gasteiger partial charge in [0.2, 0.25) is 0 Å². The van der Waals surface area contributed by atoms with Gasteiger partial charge in [0.25, 0.3) is 0 Å². The van der Waals surface area contributed by atoms with Crippen molar-refractivity contribution >= 4 is 28.7 Å². The third-order valence-electron chi connectivity index (χ3n) is 9.60. The van der Waals surface area contributed by atoms with E-state index in [-0.39, 0.29) is 58.8 Å². The topological polar surface area (TPSA) is 94.8 Å². The fraction of sp³-hybridized carbons (Fsp3) is 0.562. The Hall–Kier alpha value is -3.45. The van der Waals surface area contributed by atoms with Crippen LogP contribution in [0.15, 0.2) is 11.6 Å². The molecule has 3 saturated heterocycles. The summed E-state index contributed by atoms with van der Waals surface area (Å²) in [6, 6.07) is 0.596. The predicted octanol–water partition coefficient (Wildman–Crippen LogP) is 4.37. The fourth-order valence-corrected chi connectivity index (χ4v) is 7.03. The van der Waals surface area contributed by atoms with Crippen molar-refractivity contribution in [1.29, 1.82) is 0 Å². The number of aromatic nitrogens is 2. The second-order valence-corrected chi connectivity index (χ2v) is 12.7. The highest BCUT2D eigenvalue weighted by atomic mass is 19.4. The molecule has 4 aliphatic heterocycles. The van der Waals surface area contributed by atoms with Crippen molar-refractivity contribution in [3.8, 4) is 6.01 Å². The summed E-state index contributed by atoms with van der Waals surface area (Å²) >= 11 is 0. The zero-order chi connectivity index (χ0) is 32.4. The molecule has 0 radical (unpaired) electrons. The minimum atomic E-state index is -5.00. The number of nitrogens with two attached hydrogens (primary N) is 1. The van der Waals surface area contributed by atoms with Crippen LogP contribution in [0.1, 0.15) is 63.6 Å². The number of nitrogen functional groups attached to an aromatic ring is 1. The normalized spacial score (nSPS) is 27.1. The van der Waals surface area contributed by atoms with E-state index in [4.69, 9.17) is 24.9 Å². The molecule has 0 amide bonds. The maximum absolute atomic E-state index is 17.4. The van der Waals surface area contributed by atoms with Gasteiger partial charge in [-0.2, -0.15) is 23.1 Å². The van der Waals surface area contributed by atoms with Crippen LogP contribution in [0, 0.1) is 18.2 Å². The van der Waals surface area contributed by atoms with Gasteiger partial charge in [0.1, 0.15) is 28.8 Å². The van der Waals surface area contributed by atoms with Crippen LogP contribution in [0.5, 0.6) is 6.01 Å². The van der Waals surface area contributed by atoms with E-state index in [9.17, 15) is 17.6 Å². The number of alkyl halides is 3. The summed E-state index contributed by atoms with van der Waals surface area (Å²) in [5, 5.41) is 3.32. The molecule has 45 heavy (non-hydrogen) atoms. The molecule has 3 N–H and O–H groups in total. The number of halogens is 5. The van der Waals surface area contributed by atoms with Gasteiger partial charge in [0, 0.05) is 30.6 Å². The molecule has 1 aromatic heterocycles. The summed E-state index contributed by atoms with van der Waals surface area (Å²) in [4.78, 5) is 11.3. The Morgan fingerprint density at radius 3 is 2.62 bits per heavy atom. The number of piperazine rings is 1. The zero-order valence-electron chi connectivity index (χ0n) is 26.0. The van der Waals surface area contributed by atoms with E-state index in [2.05, 4.69) is 10.3 Å². The van der Waals surface area contributed by atoms with Crippen LogP contribution >= 0.6 is 0 Å². The smallest absolute Gasteiger partial charge is 0.417 e. The average molecular weight is 636 g/mol. The minimum absolute atomic E-state index is 0.0948. The van der Waals surface area contributed by atoms with E-state index in [1.165, 1.54) is 6.92 Å². The monoisotopic (exact) mass is 635 g/mol. The van der Waals surface area contributed by atoms with Crippen LogP contribution < -0.4 is 31.3 Å². The quantitative estimate of drug-likeness (QED) is 0.357. The molecule has 2 unspecified atom stereocenters. The molecule has 8 nitrogen and oxygen atoms in total. The summed E-state index contributed by atoms with van der Waals surface area (Å²) in [6.45, 7) is 10.3. The number of rotatable bonds is 6. The molecule has 0 spiro atoms. The van der Waals surface area contributed by atoms with Crippen LogP contribution in [0.3, 0.4) is 0 Å². The largest absolute Gasteiger partial charge is 0.492 e. The molecular formula is C32H38F5N5O3. The molecule has 244 valence electrons. The molecule has 2 bridgehead atoms. The first-order valence-electron chi connectivity index (χ1n) is 15.3. The Labute approximate surface area is 258 Å². The fourth-order valence-electron chi connectivity index (χ4n) is 7.03. The van der Waals surface area contributed by atoms with Crippen LogP contribution in [-0.4, -0.2) is 61.1 Å². The first-order valence-corrected chi connectivity index (χ1v) is 15.3. The van der Waals surface area contributed by atoms with E-state index >= 15 is 4.39 Å². The zero-order valence-corrected chi connectivity index (χ0v) is 26.0. The van der Waals surface area contributed by atoms with Gasteiger partial charge in [-0.1, -0.05) is 12.5 Å². The highest BCUT2D eigenvalue weighted by Gasteiger charge is 2.52. The molecule has 4 fully saturated rings. The van der Waals surface area contributed by atoms with Crippen LogP contribution in [0.25, 0.3) is 17.2 Å². The Kier molecular flexibility index (Phi) is 8.00. The summed E-state index contributed by atoms with van der Waals surface area (Å²) in [6.07, 6.45) is -3.22. The molecule has 13 heteroatoms. The van der Waals surface area contributed by atoms with Crippen molar-refractivity contribution in [2.24, 2.45) is 5.41 Å². The molecule has 1 saturated carbocycles. The molecule has 5 heterocycles. The summed E-state index contributed by atoms with van der Waals surface area (Å²) < 4.78 is 93.8. The van der Waals surface area contributed by atoms with Gasteiger partial charge in [-0.15, -0.1) is 0 Å². The lowest BCUT2D eigenvalue weighted by Gasteiger charge is -2.38. The van der Waals surface area contributed by atoms with Crippen LogP contribution in [0.4, 0.5) is 33.5 Å². The number of benzene rings is 1. The maximum Gasteiger partial charge on any atom is 0.417 e. The number of hydrogen-bond donors (Lipinski definition) is 2. The number of anilines is 2. The second kappa shape index (κ2) is 11.4. The molecular weight excluding hydrogens is 597 g/mol. The molecule has 2 atom stereocenters. The summed E-state index contributed by atoms with van der Waals surface area (Å²) in [5.74, 6) is -1.53. The number of ether oxygens (including phenoxy) is 3. The Bertz CT molecular complexity index is 1680. The number of nitrogens with one attached hydrogen (secondary N) is 1. The average Bonchev–Trinajstić information content (AvgIpc) is 3.56. The third-order valence-corrected chi connectivity index (χ3v) is 9.60. The van der Waals surface area contributed by atoms with Gasteiger partial charge in [0.15, 0.2) is 5.83 Å². The lowest BCUT2D eigenvalue weighted by Crippen LogP contribution is -2.57. The van der Waals surface area contributed by atoms with Crippen molar-refractivity contribution in [3.63, 3.8) is 0 Å². The summed E-state index contributed by atoms with van der Waals surface area (Å²) in [5.41, 5.74) is 2.52. The third kappa shape index (κ3) is 5.41. The highest BCUT2D eigenvalue weighted by Crippen LogP contribution is 2.50. The lowest BCUT2D eigenvalue weighted by molar-refractivity contribution is -0.138. The molecule has 1 aromatic carbocycles. The number of hydrogen-bond acceptors (Lipinski definition) is 8. The van der Waals surface area contributed by atoms with E-state index in [1.807, 2.05) is 11.8 Å².